The summed E-state index contributed by atoms with van der Waals surface area (Å²) in [5.41, 5.74) is 0.718. The van der Waals surface area contributed by atoms with Gasteiger partial charge in [-0.05, 0) is 60.5 Å². The molecule has 0 bridgehead atoms. The molecule has 1 aromatic rings. The molecule has 6 nitrogen and oxygen atoms in total. The zero-order valence-corrected chi connectivity index (χ0v) is 30.0. The van der Waals surface area contributed by atoms with Gasteiger partial charge in [0.1, 0.15) is 18.3 Å². The predicted octanol–water partition coefficient (Wildman–Crippen LogP) is 9.63. The van der Waals surface area contributed by atoms with E-state index >= 15 is 0 Å². The van der Waals surface area contributed by atoms with E-state index in [4.69, 9.17) is 14.2 Å². The highest BCUT2D eigenvalue weighted by Crippen LogP contribution is 2.57. The van der Waals surface area contributed by atoms with Crippen molar-refractivity contribution in [3.05, 3.63) is 33.8 Å². The van der Waals surface area contributed by atoms with Gasteiger partial charge in [-0.25, -0.2) is 4.79 Å². The number of carbonyl (C=O) groups is 3. The van der Waals surface area contributed by atoms with Crippen LogP contribution in [0.3, 0.4) is 0 Å². The largest absolute Gasteiger partial charge is 0.462 e. The molecule has 0 heterocycles. The Kier molecular flexibility index (Phi) is 10.9. The maximum Gasteiger partial charge on any atom is 0.338 e. The Morgan fingerprint density at radius 3 is 1.81 bits per heavy atom. The van der Waals surface area contributed by atoms with Crippen LogP contribution in [-0.4, -0.2) is 30.1 Å². The van der Waals surface area contributed by atoms with Crippen LogP contribution in [0, 0.1) is 33.5 Å². The lowest BCUT2D eigenvalue weighted by molar-refractivity contribution is -0.160. The van der Waals surface area contributed by atoms with Crippen LogP contribution in [0.15, 0.2) is 22.7 Å². The minimum Gasteiger partial charge on any atom is -0.462 e. The topological polar surface area (TPSA) is 78.9 Å². The quantitative estimate of drug-likeness (QED) is 0.173. The number of rotatable bonds is 11. The molecule has 1 unspecified atom stereocenters. The van der Waals surface area contributed by atoms with Gasteiger partial charge in [0.25, 0.3) is 0 Å². The van der Waals surface area contributed by atoms with Crippen LogP contribution in [0.5, 0.6) is 0 Å². The molecular formula is C36H55BrO6. The fourth-order valence-corrected chi connectivity index (χ4v) is 7.16. The van der Waals surface area contributed by atoms with Gasteiger partial charge in [-0.2, -0.15) is 0 Å². The first-order valence-corrected chi connectivity index (χ1v) is 17.0. The van der Waals surface area contributed by atoms with Gasteiger partial charge in [-0.15, -0.1) is 0 Å². The second-order valence-corrected chi connectivity index (χ2v) is 16.3. The Balaban J connectivity index is 1.72. The number of hydrogen-bond donors (Lipinski definition) is 0. The van der Waals surface area contributed by atoms with Crippen molar-refractivity contribution >= 4 is 33.8 Å². The lowest BCUT2D eigenvalue weighted by atomic mass is 9.67. The molecule has 0 saturated heterocycles. The fourth-order valence-electron chi connectivity index (χ4n) is 6.80. The van der Waals surface area contributed by atoms with Crippen molar-refractivity contribution in [2.45, 2.75) is 139 Å². The lowest BCUT2D eigenvalue weighted by Gasteiger charge is -2.40. The Labute approximate surface area is 268 Å². The highest BCUT2D eigenvalue weighted by Gasteiger charge is 2.55. The van der Waals surface area contributed by atoms with Gasteiger partial charge in [0, 0.05) is 20.9 Å². The maximum atomic E-state index is 13.7. The molecule has 0 amide bonds. The van der Waals surface area contributed by atoms with Crippen LogP contribution in [0.25, 0.3) is 0 Å². The second kappa shape index (κ2) is 13.2. The van der Waals surface area contributed by atoms with Gasteiger partial charge >= 0.3 is 17.9 Å². The molecular weight excluding hydrogens is 608 g/mol. The fraction of sp³-hybridized carbons (Fsp3) is 0.750. The molecule has 0 N–H and O–H groups in total. The molecule has 2 saturated carbocycles. The number of unbranched alkanes of at least 4 members (excludes halogenated alkanes) is 1. The second-order valence-electron chi connectivity index (χ2n) is 15.4. The summed E-state index contributed by atoms with van der Waals surface area (Å²) in [5.74, 6) is -0.439. The van der Waals surface area contributed by atoms with Crippen LogP contribution in [0.2, 0.25) is 0 Å². The van der Waals surface area contributed by atoms with Gasteiger partial charge in [0.2, 0.25) is 0 Å². The van der Waals surface area contributed by atoms with E-state index in [1.165, 1.54) is 0 Å². The highest BCUT2D eigenvalue weighted by molar-refractivity contribution is 9.10. The monoisotopic (exact) mass is 662 g/mol. The third-order valence-electron chi connectivity index (χ3n) is 12.3. The first kappa shape index (κ1) is 35.6. The SMILES string of the molecule is CCCCC(OC(=O)CCC(=O)O[C@@H]1C[C@H](C)C(C)(C)C1(C)C)c1ccc(Br)cc1C(=O)O[C@@H]1C[C@H](C)C(C)(C)C1(C)C. The summed E-state index contributed by atoms with van der Waals surface area (Å²) in [7, 11) is 0. The summed E-state index contributed by atoms with van der Waals surface area (Å²) in [4.78, 5) is 39.6. The standard InChI is InChI=1S/C36H55BrO6/c1-12-13-14-27(41-30(38)17-18-31(39)42-28-19-22(2)33(4,5)35(28,8)9)25-16-15-24(37)21-26(25)32(40)43-29-20-23(3)34(6,7)36(29,10)11/h15-16,21-23,27-29H,12-14,17-20H2,1-11H3/t22-,23-,27?,28+,29+/m0/s1. The van der Waals surface area contributed by atoms with Crippen molar-refractivity contribution < 1.29 is 28.6 Å². The van der Waals surface area contributed by atoms with Gasteiger partial charge in [-0.3, -0.25) is 9.59 Å². The van der Waals surface area contributed by atoms with E-state index in [0.717, 1.165) is 30.2 Å². The average Bonchev–Trinajstić information content (AvgIpc) is 3.16. The number of esters is 3. The van der Waals surface area contributed by atoms with Gasteiger partial charge in [0.15, 0.2) is 0 Å². The van der Waals surface area contributed by atoms with Crippen LogP contribution in [0.4, 0.5) is 0 Å². The Morgan fingerprint density at radius 1 is 0.814 bits per heavy atom. The van der Waals surface area contributed by atoms with E-state index in [-0.39, 0.29) is 52.7 Å². The molecule has 2 aliphatic carbocycles. The third-order valence-corrected chi connectivity index (χ3v) is 12.8. The molecule has 0 aliphatic heterocycles. The Morgan fingerprint density at radius 2 is 1.33 bits per heavy atom. The summed E-state index contributed by atoms with van der Waals surface area (Å²) in [6.45, 7) is 24.0. The van der Waals surface area contributed by atoms with Crippen LogP contribution in [-0.2, 0) is 23.8 Å². The minimum atomic E-state index is -0.624. The molecule has 5 atom stereocenters. The predicted molar refractivity (Wildman–Crippen MR) is 174 cm³/mol. The van der Waals surface area contributed by atoms with Crippen molar-refractivity contribution in [1.82, 2.24) is 0 Å². The highest BCUT2D eigenvalue weighted by atomic mass is 79.9. The molecule has 242 valence electrons. The Hall–Kier alpha value is -1.89. The van der Waals surface area contributed by atoms with Crippen molar-refractivity contribution in [2.75, 3.05) is 0 Å². The number of ether oxygens (including phenoxy) is 3. The summed E-state index contributed by atoms with van der Waals surface area (Å²) >= 11 is 3.51. The summed E-state index contributed by atoms with van der Waals surface area (Å²) in [6.07, 6.45) is 2.75. The van der Waals surface area contributed by atoms with E-state index in [9.17, 15) is 14.4 Å². The summed E-state index contributed by atoms with van der Waals surface area (Å²) < 4.78 is 18.8. The van der Waals surface area contributed by atoms with E-state index in [0.29, 0.717) is 29.4 Å². The molecule has 43 heavy (non-hydrogen) atoms. The zero-order valence-electron chi connectivity index (χ0n) is 28.4. The maximum absolute atomic E-state index is 13.7. The number of halogens is 1. The first-order valence-electron chi connectivity index (χ1n) is 16.2. The molecule has 0 aromatic heterocycles. The van der Waals surface area contributed by atoms with E-state index in [1.807, 2.05) is 12.1 Å². The van der Waals surface area contributed by atoms with Crippen molar-refractivity contribution in [3.63, 3.8) is 0 Å². The Bertz CT molecular complexity index is 1180. The average molecular weight is 664 g/mol. The van der Waals surface area contributed by atoms with Crippen LogP contribution in [0.1, 0.15) is 143 Å². The molecule has 3 rings (SSSR count). The number of hydrogen-bond acceptors (Lipinski definition) is 6. The molecule has 7 heteroatoms. The third kappa shape index (κ3) is 7.17. The smallest absolute Gasteiger partial charge is 0.338 e. The normalized spacial score (nSPS) is 27.3. The molecule has 2 aliphatic rings. The van der Waals surface area contributed by atoms with E-state index in [1.54, 1.807) is 6.07 Å². The van der Waals surface area contributed by atoms with Gasteiger partial charge < -0.3 is 14.2 Å². The molecule has 1 aromatic carbocycles. The summed E-state index contributed by atoms with van der Waals surface area (Å²) in [5, 5.41) is 0. The van der Waals surface area contributed by atoms with Crippen LogP contribution < -0.4 is 0 Å². The molecule has 2 fully saturated rings. The zero-order chi connectivity index (χ0) is 32.5. The van der Waals surface area contributed by atoms with Crippen molar-refractivity contribution in [1.29, 1.82) is 0 Å². The van der Waals surface area contributed by atoms with E-state index in [2.05, 4.69) is 92.1 Å². The summed E-state index contributed by atoms with van der Waals surface area (Å²) in [6, 6.07) is 5.44. The van der Waals surface area contributed by atoms with Crippen molar-refractivity contribution in [3.8, 4) is 0 Å². The molecule has 0 radical (unpaired) electrons. The lowest BCUT2D eigenvalue weighted by Crippen LogP contribution is -2.38. The first-order chi connectivity index (χ1) is 19.8. The van der Waals surface area contributed by atoms with Crippen LogP contribution >= 0.6 is 15.9 Å². The number of carbonyl (C=O) groups excluding carboxylic acids is 3. The minimum absolute atomic E-state index is 0.0142. The van der Waals surface area contributed by atoms with E-state index < -0.39 is 18.0 Å². The van der Waals surface area contributed by atoms with Gasteiger partial charge in [-0.1, -0.05) is 105 Å². The molecule has 0 spiro atoms. The number of benzene rings is 1. The van der Waals surface area contributed by atoms with Gasteiger partial charge in [0.05, 0.1) is 18.4 Å². The van der Waals surface area contributed by atoms with Crippen molar-refractivity contribution in [2.24, 2.45) is 33.5 Å².